The van der Waals surface area contributed by atoms with Gasteiger partial charge in [-0.05, 0) is 31.0 Å². The van der Waals surface area contributed by atoms with Crippen LogP contribution in [-0.2, 0) is 11.2 Å². The first-order valence-electron chi connectivity index (χ1n) is 11.7. The van der Waals surface area contributed by atoms with Crippen molar-refractivity contribution < 1.29 is 18.9 Å². The molecular formula is C26H28N4O4. The summed E-state index contributed by atoms with van der Waals surface area (Å²) in [6.45, 7) is 7.87. The summed E-state index contributed by atoms with van der Waals surface area (Å²) in [5.74, 6) is 2.41. The Kier molecular flexibility index (Phi) is 5.34. The normalized spacial score (nSPS) is 18.2. The highest BCUT2D eigenvalue weighted by atomic mass is 16.5. The van der Waals surface area contributed by atoms with Crippen molar-refractivity contribution in [1.29, 1.82) is 0 Å². The van der Waals surface area contributed by atoms with E-state index in [1.165, 1.54) is 11.9 Å². The van der Waals surface area contributed by atoms with Gasteiger partial charge in [-0.1, -0.05) is 11.6 Å². The molecule has 0 radical (unpaired) electrons. The van der Waals surface area contributed by atoms with Gasteiger partial charge >= 0.3 is 0 Å². The number of fused-ring (bicyclic) bond motifs is 2. The fraction of sp³-hybridized carbons (Fsp3) is 0.423. The van der Waals surface area contributed by atoms with Crippen LogP contribution >= 0.6 is 0 Å². The van der Waals surface area contributed by atoms with Gasteiger partial charge in [0.25, 0.3) is 0 Å². The predicted octanol–water partition coefficient (Wildman–Crippen LogP) is 3.89. The smallest absolute Gasteiger partial charge is 0.230 e. The van der Waals surface area contributed by atoms with Gasteiger partial charge < -0.3 is 23.8 Å². The fourth-order valence-corrected chi connectivity index (χ4v) is 5.01. The van der Waals surface area contributed by atoms with Crippen molar-refractivity contribution in [3.05, 3.63) is 47.6 Å². The van der Waals surface area contributed by atoms with Crippen molar-refractivity contribution in [3.8, 4) is 23.1 Å². The molecule has 0 N–H and O–H groups in total. The minimum Gasteiger partial charge on any atom is -0.493 e. The van der Waals surface area contributed by atoms with Gasteiger partial charge in [-0.15, -0.1) is 0 Å². The van der Waals surface area contributed by atoms with Gasteiger partial charge in [0.1, 0.15) is 12.1 Å². The second-order valence-corrected chi connectivity index (χ2v) is 9.58. The molecule has 3 aliphatic rings. The van der Waals surface area contributed by atoms with Crippen molar-refractivity contribution in [2.45, 2.75) is 19.8 Å². The summed E-state index contributed by atoms with van der Waals surface area (Å²) in [4.78, 5) is 15.8. The minimum absolute atomic E-state index is 0.452. The van der Waals surface area contributed by atoms with Crippen LogP contribution in [0.3, 0.4) is 0 Å². The third-order valence-electron chi connectivity index (χ3n) is 6.74. The van der Waals surface area contributed by atoms with Crippen molar-refractivity contribution >= 4 is 17.0 Å². The molecule has 0 saturated carbocycles. The molecule has 6 rings (SSSR count). The van der Waals surface area contributed by atoms with Crippen molar-refractivity contribution in [2.24, 2.45) is 5.41 Å². The fourth-order valence-electron chi connectivity index (χ4n) is 5.01. The molecule has 1 aromatic carbocycles. The van der Waals surface area contributed by atoms with Gasteiger partial charge in [-0.2, -0.15) is 0 Å². The average molecular weight is 461 g/mol. The van der Waals surface area contributed by atoms with Gasteiger partial charge in [0.05, 0.1) is 49.7 Å². The van der Waals surface area contributed by atoms with Gasteiger partial charge in [0.15, 0.2) is 11.5 Å². The van der Waals surface area contributed by atoms with Crippen LogP contribution in [0.4, 0.5) is 0 Å². The lowest BCUT2D eigenvalue weighted by Gasteiger charge is -2.55. The van der Waals surface area contributed by atoms with Crippen LogP contribution in [-0.4, -0.2) is 66.4 Å². The highest BCUT2D eigenvalue weighted by Gasteiger charge is 2.48. The highest BCUT2D eigenvalue weighted by molar-refractivity contribution is 5.87. The van der Waals surface area contributed by atoms with Gasteiger partial charge in [0.2, 0.25) is 5.88 Å². The summed E-state index contributed by atoms with van der Waals surface area (Å²) in [6, 6.07) is 5.76. The lowest BCUT2D eigenvalue weighted by molar-refractivity contribution is -0.189. The number of likely N-dealkylation sites (tertiary alicyclic amines) is 1. The van der Waals surface area contributed by atoms with E-state index < -0.39 is 0 Å². The molecular weight excluding hydrogens is 432 g/mol. The molecule has 8 heteroatoms. The molecule has 4 heterocycles. The topological polar surface area (TPSA) is 78.8 Å². The molecule has 0 atom stereocenters. The summed E-state index contributed by atoms with van der Waals surface area (Å²) in [7, 11) is 1.64. The Bertz CT molecular complexity index is 1260. The van der Waals surface area contributed by atoms with Crippen LogP contribution < -0.4 is 14.2 Å². The van der Waals surface area contributed by atoms with E-state index in [0.29, 0.717) is 35.2 Å². The number of hydrogen-bond acceptors (Lipinski definition) is 8. The standard InChI is InChI=1S/C26H28N4O4/c1-17-6-18-8-19(11-27-21(18)7-17)34-25-20-9-23(31-2)24(10-22(20)28-16-29-25)33-5-3-4-30-12-26(13-30)14-32-15-26/h6,8-11,16H,3-5,7,12-15H2,1-2H3. The zero-order valence-electron chi connectivity index (χ0n) is 19.5. The molecule has 2 aromatic heterocycles. The number of pyridine rings is 1. The molecule has 2 fully saturated rings. The van der Waals surface area contributed by atoms with Gasteiger partial charge in [-0.25, -0.2) is 9.97 Å². The quantitative estimate of drug-likeness (QED) is 0.469. The van der Waals surface area contributed by atoms with Crippen molar-refractivity contribution in [1.82, 2.24) is 19.9 Å². The summed E-state index contributed by atoms with van der Waals surface area (Å²) >= 11 is 0. The van der Waals surface area contributed by atoms with Gasteiger partial charge in [0, 0.05) is 37.5 Å². The first-order chi connectivity index (χ1) is 16.6. The maximum absolute atomic E-state index is 6.11. The van der Waals surface area contributed by atoms with Crippen LogP contribution in [0.5, 0.6) is 23.1 Å². The number of allylic oxidation sites excluding steroid dienone is 1. The number of nitrogens with zero attached hydrogens (tertiary/aromatic N) is 4. The molecule has 2 saturated heterocycles. The molecule has 176 valence electrons. The van der Waals surface area contributed by atoms with Crippen LogP contribution in [0.15, 0.2) is 36.3 Å². The van der Waals surface area contributed by atoms with Gasteiger partial charge in [-0.3, -0.25) is 4.98 Å². The summed E-state index contributed by atoms with van der Waals surface area (Å²) < 4.78 is 23.1. The second kappa shape index (κ2) is 8.52. The van der Waals surface area contributed by atoms with E-state index in [9.17, 15) is 0 Å². The predicted molar refractivity (Wildman–Crippen MR) is 128 cm³/mol. The maximum atomic E-state index is 6.11. The third kappa shape index (κ3) is 3.97. The van der Waals surface area contributed by atoms with E-state index in [0.717, 1.165) is 67.8 Å². The second-order valence-electron chi connectivity index (χ2n) is 9.58. The molecule has 3 aromatic rings. The van der Waals surface area contributed by atoms with E-state index >= 15 is 0 Å². The number of ether oxygens (including phenoxy) is 4. The molecule has 1 aliphatic carbocycles. The molecule has 0 amide bonds. The largest absolute Gasteiger partial charge is 0.493 e. The number of rotatable bonds is 8. The van der Waals surface area contributed by atoms with Crippen molar-refractivity contribution in [2.75, 3.05) is 46.6 Å². The SMILES string of the molecule is COc1cc2c(Oc3cnc4c(c3)C=C(C)C4)ncnc2cc1OCCCN1CC2(COC2)C1. The first-order valence-corrected chi connectivity index (χ1v) is 11.7. The monoisotopic (exact) mass is 460 g/mol. The molecule has 0 bridgehead atoms. The Morgan fingerprint density at radius 1 is 1.09 bits per heavy atom. The van der Waals surface area contributed by atoms with E-state index in [1.807, 2.05) is 18.2 Å². The van der Waals surface area contributed by atoms with Crippen LogP contribution in [0.2, 0.25) is 0 Å². The molecule has 1 spiro atoms. The number of benzene rings is 1. The van der Waals surface area contributed by atoms with Crippen LogP contribution in [0.25, 0.3) is 17.0 Å². The minimum atomic E-state index is 0.452. The Balaban J connectivity index is 1.14. The van der Waals surface area contributed by atoms with Crippen molar-refractivity contribution in [3.63, 3.8) is 0 Å². The number of methoxy groups -OCH3 is 1. The van der Waals surface area contributed by atoms with E-state index in [-0.39, 0.29) is 0 Å². The Labute approximate surface area is 198 Å². The summed E-state index contributed by atoms with van der Waals surface area (Å²) in [5.41, 5.74) is 4.65. The van der Waals surface area contributed by atoms with E-state index in [2.05, 4.69) is 32.9 Å². The first kappa shape index (κ1) is 21.3. The molecule has 34 heavy (non-hydrogen) atoms. The number of hydrogen-bond donors (Lipinski definition) is 0. The summed E-state index contributed by atoms with van der Waals surface area (Å²) in [6.07, 6.45) is 7.23. The third-order valence-corrected chi connectivity index (χ3v) is 6.74. The lowest BCUT2D eigenvalue weighted by Crippen LogP contribution is -2.65. The molecule has 8 nitrogen and oxygen atoms in total. The Morgan fingerprint density at radius 2 is 1.97 bits per heavy atom. The zero-order valence-corrected chi connectivity index (χ0v) is 19.5. The molecule has 0 unspecified atom stereocenters. The number of aromatic nitrogens is 3. The Morgan fingerprint density at radius 3 is 2.76 bits per heavy atom. The summed E-state index contributed by atoms with van der Waals surface area (Å²) in [5, 5.41) is 0.757. The van der Waals surface area contributed by atoms with Crippen LogP contribution in [0.1, 0.15) is 24.6 Å². The van der Waals surface area contributed by atoms with Crippen LogP contribution in [0, 0.1) is 5.41 Å². The average Bonchev–Trinajstić information content (AvgIpc) is 3.15. The van der Waals surface area contributed by atoms with E-state index in [4.69, 9.17) is 18.9 Å². The zero-order chi connectivity index (χ0) is 23.1. The lowest BCUT2D eigenvalue weighted by atomic mass is 9.78. The van der Waals surface area contributed by atoms with E-state index in [1.54, 1.807) is 13.3 Å². The molecule has 2 aliphatic heterocycles. The highest BCUT2D eigenvalue weighted by Crippen LogP contribution is 2.38. The maximum Gasteiger partial charge on any atom is 0.230 e. The Hall–Kier alpha value is -3.23.